The Kier molecular flexibility index (Phi) is 7.48. The first kappa shape index (κ1) is 23.4. The number of methoxy groups -OCH3 is 1. The van der Waals surface area contributed by atoms with Crippen molar-refractivity contribution in [3.8, 4) is 5.75 Å². The van der Waals surface area contributed by atoms with Gasteiger partial charge in [-0.25, -0.2) is 0 Å². The van der Waals surface area contributed by atoms with Crippen molar-refractivity contribution >= 4 is 34.7 Å². The van der Waals surface area contributed by atoms with E-state index in [1.807, 2.05) is 42.5 Å². The van der Waals surface area contributed by atoms with Gasteiger partial charge in [0.15, 0.2) is 0 Å². The lowest BCUT2D eigenvalue weighted by molar-refractivity contribution is -0.126. The minimum atomic E-state index is -0.420. The molecule has 1 fully saturated rings. The normalized spacial score (nSPS) is 15.4. The molecule has 4 rings (SSSR count). The third-order valence-corrected chi connectivity index (χ3v) is 6.42. The maximum Gasteiger partial charge on any atom is 0.286 e. The minimum absolute atomic E-state index is 0.0967. The van der Waals surface area contributed by atoms with Crippen LogP contribution in [0.5, 0.6) is 5.75 Å². The third kappa shape index (κ3) is 5.76. The van der Waals surface area contributed by atoms with Crippen molar-refractivity contribution < 1.29 is 19.1 Å². The molecule has 3 aromatic rings. The largest absolute Gasteiger partial charge is 0.497 e. The smallest absolute Gasteiger partial charge is 0.286 e. The predicted octanol–water partition coefficient (Wildman–Crippen LogP) is 2.97. The molecule has 176 valence electrons. The van der Waals surface area contributed by atoms with E-state index in [2.05, 4.69) is 20.8 Å². The van der Waals surface area contributed by atoms with Crippen molar-refractivity contribution in [2.45, 2.75) is 19.4 Å². The van der Waals surface area contributed by atoms with Crippen LogP contribution in [0, 0.1) is 5.92 Å². The van der Waals surface area contributed by atoms with Gasteiger partial charge in [0.05, 0.1) is 13.0 Å². The van der Waals surface area contributed by atoms with Crippen molar-refractivity contribution in [2.24, 2.45) is 5.92 Å². The summed E-state index contributed by atoms with van der Waals surface area (Å²) in [5.74, 6) is -0.412. The van der Waals surface area contributed by atoms with E-state index in [9.17, 15) is 14.4 Å². The number of nitrogens with one attached hydrogen (secondary N) is 2. The molecule has 2 heterocycles. The number of likely N-dealkylation sites (tertiary alicyclic amines) is 1. The number of carbonyl (C=O) groups is 3. The first-order valence-corrected chi connectivity index (χ1v) is 11.7. The second-order valence-electron chi connectivity index (χ2n) is 7.89. The molecule has 0 aliphatic carbocycles. The first-order chi connectivity index (χ1) is 16.5. The summed E-state index contributed by atoms with van der Waals surface area (Å²) in [5.41, 5.74) is 1.57. The number of hydrogen-bond acceptors (Lipinski definition) is 7. The average Bonchev–Trinajstić information content (AvgIpc) is 3.38. The summed E-state index contributed by atoms with van der Waals surface area (Å²) in [7, 11) is 1.60. The van der Waals surface area contributed by atoms with Gasteiger partial charge in [-0.3, -0.25) is 14.4 Å². The van der Waals surface area contributed by atoms with E-state index < -0.39 is 5.91 Å². The van der Waals surface area contributed by atoms with Crippen LogP contribution in [0.25, 0.3) is 0 Å². The Morgan fingerprint density at radius 3 is 2.68 bits per heavy atom. The second kappa shape index (κ2) is 10.9. The van der Waals surface area contributed by atoms with Crippen LogP contribution < -0.4 is 15.4 Å². The van der Waals surface area contributed by atoms with Crippen LogP contribution in [-0.4, -0.2) is 53.0 Å². The molecule has 10 heteroatoms. The number of rotatable bonds is 7. The number of para-hydroxylation sites is 1. The molecule has 9 nitrogen and oxygen atoms in total. The van der Waals surface area contributed by atoms with Gasteiger partial charge in [-0.2, -0.15) is 0 Å². The van der Waals surface area contributed by atoms with Gasteiger partial charge in [-0.1, -0.05) is 41.7 Å². The highest BCUT2D eigenvalue weighted by Crippen LogP contribution is 2.21. The Balaban J connectivity index is 1.33. The third-order valence-electron chi connectivity index (χ3n) is 5.51. The van der Waals surface area contributed by atoms with Crippen LogP contribution in [0.4, 0.5) is 5.69 Å². The zero-order valence-electron chi connectivity index (χ0n) is 18.7. The molecule has 1 saturated heterocycles. The van der Waals surface area contributed by atoms with Crippen LogP contribution in [0.1, 0.15) is 38.0 Å². The fraction of sp³-hybridized carbons (Fsp3) is 0.292. The molecule has 0 bridgehead atoms. The Morgan fingerprint density at radius 2 is 1.88 bits per heavy atom. The fourth-order valence-electron chi connectivity index (χ4n) is 3.73. The molecule has 0 saturated carbocycles. The molecule has 2 N–H and O–H groups in total. The summed E-state index contributed by atoms with van der Waals surface area (Å²) in [6.07, 6.45) is 1.41. The number of nitrogens with zero attached hydrogens (tertiary/aromatic N) is 3. The van der Waals surface area contributed by atoms with Gasteiger partial charge in [0, 0.05) is 25.3 Å². The quantitative estimate of drug-likeness (QED) is 0.539. The highest BCUT2D eigenvalue weighted by Gasteiger charge is 2.30. The van der Waals surface area contributed by atoms with Crippen molar-refractivity contribution in [1.82, 2.24) is 20.4 Å². The summed E-state index contributed by atoms with van der Waals surface area (Å²) in [4.78, 5) is 39.7. The van der Waals surface area contributed by atoms with Gasteiger partial charge in [0.2, 0.25) is 15.9 Å². The SMILES string of the molecule is COc1cccc(CNC(=O)C2CCCN(C(=O)c3nnc(C(=O)Nc4ccccc4)s3)C2)c1. The average molecular weight is 480 g/mol. The molecule has 1 aromatic heterocycles. The molecule has 0 spiro atoms. The van der Waals surface area contributed by atoms with E-state index in [1.54, 1.807) is 24.1 Å². The predicted molar refractivity (Wildman–Crippen MR) is 128 cm³/mol. The fourth-order valence-corrected chi connectivity index (χ4v) is 4.44. The number of benzene rings is 2. The standard InChI is InChI=1S/C24H25N5O4S/c1-33-19-11-5-7-16(13-19)14-25-20(30)17-8-6-12-29(15-17)24(32)23-28-27-22(34-23)21(31)26-18-9-3-2-4-10-18/h2-5,7,9-11,13,17H,6,8,12,14-15H2,1H3,(H,25,30)(H,26,31). The van der Waals surface area contributed by atoms with Gasteiger partial charge in [0.1, 0.15) is 5.75 Å². The molecule has 3 amide bonds. The van der Waals surface area contributed by atoms with E-state index >= 15 is 0 Å². The summed E-state index contributed by atoms with van der Waals surface area (Å²) >= 11 is 0.945. The van der Waals surface area contributed by atoms with Crippen LogP contribution in [-0.2, 0) is 11.3 Å². The molecule has 1 aliphatic heterocycles. The number of ether oxygens (including phenoxy) is 1. The van der Waals surface area contributed by atoms with Crippen molar-refractivity contribution in [1.29, 1.82) is 0 Å². The number of aromatic nitrogens is 2. The molecule has 2 aromatic carbocycles. The maximum absolute atomic E-state index is 13.0. The van der Waals surface area contributed by atoms with Crippen molar-refractivity contribution in [3.63, 3.8) is 0 Å². The number of carbonyl (C=O) groups excluding carboxylic acids is 3. The molecule has 1 aliphatic rings. The van der Waals surface area contributed by atoms with Crippen LogP contribution in [0.2, 0.25) is 0 Å². The van der Waals surface area contributed by atoms with E-state index in [0.717, 1.165) is 22.6 Å². The summed E-state index contributed by atoms with van der Waals surface area (Å²) < 4.78 is 5.21. The minimum Gasteiger partial charge on any atom is -0.497 e. The highest BCUT2D eigenvalue weighted by atomic mass is 32.1. The molecule has 34 heavy (non-hydrogen) atoms. The highest BCUT2D eigenvalue weighted by molar-refractivity contribution is 7.15. The molecular formula is C24H25N5O4S. The lowest BCUT2D eigenvalue weighted by Gasteiger charge is -2.31. The lowest BCUT2D eigenvalue weighted by Crippen LogP contribution is -2.45. The van der Waals surface area contributed by atoms with Crippen molar-refractivity contribution in [2.75, 3.05) is 25.5 Å². The monoisotopic (exact) mass is 479 g/mol. The molecule has 1 atom stereocenters. The molecule has 1 unspecified atom stereocenters. The zero-order valence-corrected chi connectivity index (χ0v) is 19.5. The van der Waals surface area contributed by atoms with Gasteiger partial charge in [-0.15, -0.1) is 10.2 Å². The van der Waals surface area contributed by atoms with Crippen LogP contribution >= 0.6 is 11.3 Å². The Morgan fingerprint density at radius 1 is 1.09 bits per heavy atom. The second-order valence-corrected chi connectivity index (χ2v) is 8.87. The summed E-state index contributed by atoms with van der Waals surface area (Å²) in [6, 6.07) is 16.5. The topological polar surface area (TPSA) is 114 Å². The Bertz CT molecular complexity index is 1170. The van der Waals surface area contributed by atoms with E-state index in [1.165, 1.54) is 0 Å². The lowest BCUT2D eigenvalue weighted by atomic mass is 9.97. The van der Waals surface area contributed by atoms with Gasteiger partial charge < -0.3 is 20.3 Å². The first-order valence-electron chi connectivity index (χ1n) is 10.9. The Hall–Kier alpha value is -3.79. The number of piperidine rings is 1. The van der Waals surface area contributed by atoms with E-state index in [4.69, 9.17) is 4.74 Å². The molecule has 0 radical (unpaired) electrons. The van der Waals surface area contributed by atoms with Crippen LogP contribution in [0.15, 0.2) is 54.6 Å². The Labute approximate surface area is 201 Å². The zero-order chi connectivity index (χ0) is 23.9. The van der Waals surface area contributed by atoms with Gasteiger partial charge >= 0.3 is 0 Å². The van der Waals surface area contributed by atoms with Crippen LogP contribution in [0.3, 0.4) is 0 Å². The van der Waals surface area contributed by atoms with Gasteiger partial charge in [0.25, 0.3) is 11.8 Å². The van der Waals surface area contributed by atoms with Gasteiger partial charge in [-0.05, 0) is 42.7 Å². The number of amides is 3. The van der Waals surface area contributed by atoms with Crippen molar-refractivity contribution in [3.05, 3.63) is 70.2 Å². The molecular weight excluding hydrogens is 454 g/mol. The number of hydrogen-bond donors (Lipinski definition) is 2. The summed E-state index contributed by atoms with van der Waals surface area (Å²) in [6.45, 7) is 1.22. The van der Waals surface area contributed by atoms with E-state index in [-0.39, 0.29) is 27.7 Å². The van der Waals surface area contributed by atoms with E-state index in [0.29, 0.717) is 38.2 Å². The maximum atomic E-state index is 13.0. The number of anilines is 1. The summed E-state index contributed by atoms with van der Waals surface area (Å²) in [5, 5.41) is 13.7.